The van der Waals surface area contributed by atoms with Crippen LogP contribution in [0.15, 0.2) is 104 Å². The molecule has 200 valence electrons. The standard InChI is InChI=1S/C31H34FN5.C2H2/c1-7-20(4)35-26(9-3)19-23(8-2)29-15-14-28(33)30(37-29)18-21(5)36-31-22(6)27(16-17-34-31)24-10-12-25(32)13-11-24;1-2/h8-17,19,35H,3-5,7,18,33H2,1-2,6H3,(H,34,36);1-2H/b23-8+,26-19+;. The molecule has 3 aromatic rings. The van der Waals surface area contributed by atoms with E-state index in [1.165, 1.54) is 12.1 Å². The van der Waals surface area contributed by atoms with E-state index in [9.17, 15) is 4.39 Å². The molecule has 2 aromatic heterocycles. The number of terminal acetylenes is 1. The first-order valence-electron chi connectivity index (χ1n) is 12.5. The molecule has 5 nitrogen and oxygen atoms in total. The first kappa shape index (κ1) is 30.3. The van der Waals surface area contributed by atoms with Crippen LogP contribution in [0.4, 0.5) is 15.9 Å². The lowest BCUT2D eigenvalue weighted by Gasteiger charge is -2.15. The van der Waals surface area contributed by atoms with Gasteiger partial charge in [-0.3, -0.25) is 4.98 Å². The van der Waals surface area contributed by atoms with E-state index in [2.05, 4.69) is 48.2 Å². The van der Waals surface area contributed by atoms with Crippen LogP contribution in [0.5, 0.6) is 0 Å². The molecule has 0 aliphatic rings. The smallest absolute Gasteiger partial charge is 0.133 e. The van der Waals surface area contributed by atoms with Gasteiger partial charge in [0.2, 0.25) is 0 Å². The highest BCUT2D eigenvalue weighted by atomic mass is 19.1. The summed E-state index contributed by atoms with van der Waals surface area (Å²) in [5.74, 6) is 0.408. The number of benzene rings is 1. The Bertz CT molecular complexity index is 1410. The minimum atomic E-state index is -0.269. The van der Waals surface area contributed by atoms with Crippen LogP contribution < -0.4 is 16.4 Å². The predicted molar refractivity (Wildman–Crippen MR) is 164 cm³/mol. The Morgan fingerprint density at radius 1 is 1.08 bits per heavy atom. The summed E-state index contributed by atoms with van der Waals surface area (Å²) in [6, 6.07) is 12.1. The topological polar surface area (TPSA) is 75.9 Å². The fourth-order valence-electron chi connectivity index (χ4n) is 3.74. The molecule has 0 amide bonds. The lowest BCUT2D eigenvalue weighted by atomic mass is 10.0. The minimum absolute atomic E-state index is 0.269. The maximum atomic E-state index is 13.4. The van der Waals surface area contributed by atoms with Crippen molar-refractivity contribution in [3.63, 3.8) is 0 Å². The van der Waals surface area contributed by atoms with Gasteiger partial charge in [-0.05, 0) is 85.0 Å². The van der Waals surface area contributed by atoms with Gasteiger partial charge in [0.25, 0.3) is 0 Å². The van der Waals surface area contributed by atoms with Crippen molar-refractivity contribution in [2.45, 2.75) is 33.6 Å². The molecule has 39 heavy (non-hydrogen) atoms. The van der Waals surface area contributed by atoms with Crippen molar-refractivity contribution in [1.82, 2.24) is 15.3 Å². The highest BCUT2D eigenvalue weighted by molar-refractivity contribution is 5.74. The fourth-order valence-corrected chi connectivity index (χ4v) is 3.74. The van der Waals surface area contributed by atoms with Gasteiger partial charge >= 0.3 is 0 Å². The summed E-state index contributed by atoms with van der Waals surface area (Å²) in [5, 5.41) is 6.57. The van der Waals surface area contributed by atoms with E-state index < -0.39 is 0 Å². The number of pyridine rings is 2. The summed E-state index contributed by atoms with van der Waals surface area (Å²) in [6.07, 6.45) is 16.7. The van der Waals surface area contributed by atoms with Gasteiger partial charge in [0.15, 0.2) is 0 Å². The number of hydrogen-bond donors (Lipinski definition) is 3. The van der Waals surface area contributed by atoms with Gasteiger partial charge in [-0.1, -0.05) is 44.9 Å². The first-order chi connectivity index (χ1) is 18.7. The largest absolute Gasteiger partial charge is 0.397 e. The van der Waals surface area contributed by atoms with Crippen molar-refractivity contribution >= 4 is 17.1 Å². The Hall–Kier alpha value is -4.89. The number of aromatic nitrogens is 2. The number of rotatable bonds is 11. The number of nitrogens with two attached hydrogens (primary N) is 1. The van der Waals surface area contributed by atoms with Crippen LogP contribution in [0.2, 0.25) is 0 Å². The summed E-state index contributed by atoms with van der Waals surface area (Å²) < 4.78 is 13.4. The summed E-state index contributed by atoms with van der Waals surface area (Å²) >= 11 is 0. The molecule has 4 N–H and O–H groups in total. The van der Waals surface area contributed by atoms with E-state index in [1.807, 2.05) is 51.1 Å². The van der Waals surface area contributed by atoms with E-state index in [0.717, 1.165) is 45.8 Å². The molecule has 6 heteroatoms. The minimum Gasteiger partial charge on any atom is -0.397 e. The van der Waals surface area contributed by atoms with Gasteiger partial charge in [0.1, 0.15) is 11.6 Å². The van der Waals surface area contributed by atoms with E-state index in [-0.39, 0.29) is 5.82 Å². The Morgan fingerprint density at radius 2 is 1.77 bits per heavy atom. The highest BCUT2D eigenvalue weighted by Gasteiger charge is 2.12. The highest BCUT2D eigenvalue weighted by Crippen LogP contribution is 2.28. The summed E-state index contributed by atoms with van der Waals surface area (Å²) in [7, 11) is 0. The fraction of sp³-hybridized carbons (Fsp3) is 0.152. The Balaban J connectivity index is 0.00000260. The van der Waals surface area contributed by atoms with E-state index >= 15 is 0 Å². The van der Waals surface area contributed by atoms with Gasteiger partial charge in [-0.25, -0.2) is 9.37 Å². The number of nitrogen functional groups attached to an aromatic ring is 1. The molecule has 0 saturated heterocycles. The van der Waals surface area contributed by atoms with E-state index in [1.54, 1.807) is 24.4 Å². The molecule has 0 spiro atoms. The van der Waals surface area contributed by atoms with Crippen molar-refractivity contribution in [3.8, 4) is 24.0 Å². The Morgan fingerprint density at radius 3 is 2.38 bits per heavy atom. The van der Waals surface area contributed by atoms with Crippen LogP contribution in [0, 0.1) is 25.6 Å². The second-order valence-corrected chi connectivity index (χ2v) is 8.61. The number of allylic oxidation sites excluding steroid dienone is 6. The molecule has 0 fully saturated rings. The summed E-state index contributed by atoms with van der Waals surface area (Å²) in [6.45, 7) is 18.1. The molecule has 0 atom stereocenters. The van der Waals surface area contributed by atoms with Crippen LogP contribution in [-0.4, -0.2) is 9.97 Å². The number of nitrogens with zero attached hydrogens (tertiary/aromatic N) is 2. The summed E-state index contributed by atoms with van der Waals surface area (Å²) in [5.41, 5.74) is 14.5. The van der Waals surface area contributed by atoms with Crippen LogP contribution >= 0.6 is 0 Å². The average Bonchev–Trinajstić information content (AvgIpc) is 2.95. The zero-order valence-electron chi connectivity index (χ0n) is 22.9. The summed E-state index contributed by atoms with van der Waals surface area (Å²) in [4.78, 5) is 9.31. The maximum absolute atomic E-state index is 13.4. The van der Waals surface area contributed by atoms with Gasteiger partial charge in [0, 0.05) is 29.7 Å². The second-order valence-electron chi connectivity index (χ2n) is 8.61. The molecule has 0 saturated carbocycles. The van der Waals surface area contributed by atoms with Crippen molar-refractivity contribution in [2.75, 3.05) is 11.1 Å². The molecule has 2 heterocycles. The zero-order chi connectivity index (χ0) is 28.9. The number of nitrogens with one attached hydrogen (secondary N) is 2. The molecule has 1 aromatic carbocycles. The van der Waals surface area contributed by atoms with Crippen LogP contribution in [0.3, 0.4) is 0 Å². The van der Waals surface area contributed by atoms with Crippen molar-refractivity contribution in [2.24, 2.45) is 0 Å². The predicted octanol–water partition coefficient (Wildman–Crippen LogP) is 7.58. The third-order valence-corrected chi connectivity index (χ3v) is 5.93. The third-order valence-electron chi connectivity index (χ3n) is 5.93. The number of hydrogen-bond acceptors (Lipinski definition) is 5. The van der Waals surface area contributed by atoms with Crippen LogP contribution in [-0.2, 0) is 6.42 Å². The molecule has 0 aliphatic carbocycles. The van der Waals surface area contributed by atoms with Crippen molar-refractivity contribution in [1.29, 1.82) is 0 Å². The molecule has 0 unspecified atom stereocenters. The maximum Gasteiger partial charge on any atom is 0.133 e. The number of halogens is 1. The van der Waals surface area contributed by atoms with E-state index in [0.29, 0.717) is 29.3 Å². The Labute approximate surface area is 231 Å². The quantitative estimate of drug-likeness (QED) is 0.179. The lowest BCUT2D eigenvalue weighted by molar-refractivity contribution is 0.628. The normalized spacial score (nSPS) is 11.1. The van der Waals surface area contributed by atoms with Gasteiger partial charge in [-0.2, -0.15) is 0 Å². The number of anilines is 2. The molecule has 0 radical (unpaired) electrons. The van der Waals surface area contributed by atoms with Crippen molar-refractivity contribution < 1.29 is 4.39 Å². The molecular formula is C33H36FN5. The first-order valence-corrected chi connectivity index (χ1v) is 12.5. The lowest BCUT2D eigenvalue weighted by Crippen LogP contribution is -2.10. The molecular weight excluding hydrogens is 485 g/mol. The van der Waals surface area contributed by atoms with Crippen LogP contribution in [0.1, 0.15) is 37.2 Å². The zero-order valence-corrected chi connectivity index (χ0v) is 22.9. The van der Waals surface area contributed by atoms with Gasteiger partial charge in [-0.15, -0.1) is 12.8 Å². The monoisotopic (exact) mass is 521 g/mol. The molecule has 0 bridgehead atoms. The average molecular weight is 522 g/mol. The van der Waals surface area contributed by atoms with Crippen molar-refractivity contribution in [3.05, 3.63) is 126 Å². The van der Waals surface area contributed by atoms with Gasteiger partial charge < -0.3 is 16.4 Å². The van der Waals surface area contributed by atoms with E-state index in [4.69, 9.17) is 10.7 Å². The molecule has 0 aliphatic heterocycles. The molecule has 3 rings (SSSR count). The Kier molecular flexibility index (Phi) is 11.5. The second kappa shape index (κ2) is 14.7. The van der Waals surface area contributed by atoms with Gasteiger partial charge in [0.05, 0.1) is 17.1 Å². The SMILES string of the molecule is C#C.C=C/C(=C\C(=C/C)c1ccc(N)c(CC(=C)Nc2nccc(-c3ccc(F)cc3)c2C)n1)NC(=C)CC. The third kappa shape index (κ3) is 8.31. The van der Waals surface area contributed by atoms with Crippen LogP contribution in [0.25, 0.3) is 16.7 Å².